The van der Waals surface area contributed by atoms with Crippen molar-refractivity contribution in [2.75, 3.05) is 0 Å². The van der Waals surface area contributed by atoms with Crippen LogP contribution in [0, 0.1) is 17.8 Å². The van der Waals surface area contributed by atoms with Gasteiger partial charge in [0.25, 0.3) is 0 Å². The highest BCUT2D eigenvalue weighted by molar-refractivity contribution is 5.30. The molecule has 2 unspecified atom stereocenters. The zero-order valence-corrected chi connectivity index (χ0v) is 14.3. The first-order valence-corrected chi connectivity index (χ1v) is 8.82. The van der Waals surface area contributed by atoms with E-state index in [4.69, 9.17) is 0 Å². The number of halogens is 2. The molecule has 0 bridgehead atoms. The van der Waals surface area contributed by atoms with Gasteiger partial charge >= 0.3 is 0 Å². The Labute approximate surface area is 135 Å². The van der Waals surface area contributed by atoms with Gasteiger partial charge in [-0.2, -0.15) is 0 Å². The van der Waals surface area contributed by atoms with E-state index in [1.165, 1.54) is 44.9 Å². The lowest BCUT2D eigenvalue weighted by Crippen LogP contribution is -2.09. The van der Waals surface area contributed by atoms with E-state index >= 15 is 0 Å². The molecule has 126 valence electrons. The van der Waals surface area contributed by atoms with Gasteiger partial charge in [0.1, 0.15) is 0 Å². The van der Waals surface area contributed by atoms with E-state index in [1.54, 1.807) is 0 Å². The van der Waals surface area contributed by atoms with Crippen LogP contribution in [-0.2, 0) is 0 Å². The molecule has 0 aromatic heterocycles. The number of rotatable bonds is 9. The predicted octanol–water partition coefficient (Wildman–Crippen LogP) is 7.29. The summed E-state index contributed by atoms with van der Waals surface area (Å²) in [7, 11) is 0. The third kappa shape index (κ3) is 6.46. The molecule has 0 amide bonds. The summed E-state index contributed by atoms with van der Waals surface area (Å²) in [4.78, 5) is 0. The summed E-state index contributed by atoms with van der Waals surface area (Å²) >= 11 is 0. The molecule has 2 atom stereocenters. The van der Waals surface area contributed by atoms with Crippen molar-refractivity contribution in [3.8, 4) is 0 Å². The Hall–Kier alpha value is -0.920. The van der Waals surface area contributed by atoms with Crippen LogP contribution in [0.4, 0.5) is 8.78 Å². The van der Waals surface area contributed by atoms with Crippen LogP contribution >= 0.6 is 0 Å². The molecule has 0 aromatic carbocycles. The van der Waals surface area contributed by atoms with Gasteiger partial charge in [0.15, 0.2) is 11.7 Å². The third-order valence-corrected chi connectivity index (χ3v) is 5.15. The molecule has 0 nitrogen and oxygen atoms in total. The second-order valence-electron chi connectivity index (χ2n) is 7.06. The van der Waals surface area contributed by atoms with E-state index in [0.29, 0.717) is 5.92 Å². The molecular formula is C20H32F2. The van der Waals surface area contributed by atoms with Crippen molar-refractivity contribution >= 4 is 0 Å². The Morgan fingerprint density at radius 3 is 2.32 bits per heavy atom. The topological polar surface area (TPSA) is 0 Å². The molecule has 22 heavy (non-hydrogen) atoms. The molecule has 1 fully saturated rings. The smallest absolute Gasteiger partial charge is 0.161 e. The van der Waals surface area contributed by atoms with E-state index < -0.39 is 11.7 Å². The molecule has 1 rings (SSSR count). The summed E-state index contributed by atoms with van der Waals surface area (Å²) in [5.74, 6) is -0.193. The van der Waals surface area contributed by atoms with Crippen LogP contribution in [0.5, 0.6) is 0 Å². The second-order valence-corrected chi connectivity index (χ2v) is 7.06. The van der Waals surface area contributed by atoms with Crippen molar-refractivity contribution in [1.29, 1.82) is 0 Å². The Bertz CT molecular complexity index is 389. The summed E-state index contributed by atoms with van der Waals surface area (Å²) in [5, 5.41) is 0. The first kappa shape index (κ1) is 19.1. The SMILES string of the molecule is C=C/C(F)=C(/F)C(=C)C(C)CCC(C)CCC1CCCCC1. The largest absolute Gasteiger partial charge is 0.204 e. The number of hydrogen-bond donors (Lipinski definition) is 0. The van der Waals surface area contributed by atoms with Crippen LogP contribution in [0.15, 0.2) is 36.5 Å². The minimum Gasteiger partial charge on any atom is -0.204 e. The van der Waals surface area contributed by atoms with Crippen molar-refractivity contribution in [3.63, 3.8) is 0 Å². The quantitative estimate of drug-likeness (QED) is 0.392. The van der Waals surface area contributed by atoms with E-state index in [0.717, 1.165) is 24.8 Å². The molecule has 0 aliphatic heterocycles. The highest BCUT2D eigenvalue weighted by Gasteiger charge is 2.17. The molecule has 1 saturated carbocycles. The molecule has 0 heterocycles. The lowest BCUT2D eigenvalue weighted by molar-refractivity contribution is 0.303. The van der Waals surface area contributed by atoms with Crippen LogP contribution in [0.3, 0.4) is 0 Å². The van der Waals surface area contributed by atoms with Crippen molar-refractivity contribution in [2.24, 2.45) is 17.8 Å². The maximum Gasteiger partial charge on any atom is 0.161 e. The van der Waals surface area contributed by atoms with Crippen molar-refractivity contribution < 1.29 is 8.78 Å². The fourth-order valence-corrected chi connectivity index (χ4v) is 3.31. The molecule has 1 aliphatic carbocycles. The van der Waals surface area contributed by atoms with Gasteiger partial charge in [-0.1, -0.05) is 78.4 Å². The minimum atomic E-state index is -0.901. The average Bonchev–Trinajstić information content (AvgIpc) is 2.56. The highest BCUT2D eigenvalue weighted by Crippen LogP contribution is 2.31. The lowest BCUT2D eigenvalue weighted by Gasteiger charge is -2.23. The molecule has 0 radical (unpaired) electrons. The first-order chi connectivity index (χ1) is 10.5. The summed E-state index contributed by atoms with van der Waals surface area (Å²) in [6.07, 6.45) is 12.4. The fourth-order valence-electron chi connectivity index (χ4n) is 3.31. The van der Waals surface area contributed by atoms with Crippen LogP contribution in [-0.4, -0.2) is 0 Å². The van der Waals surface area contributed by atoms with Crippen LogP contribution < -0.4 is 0 Å². The molecule has 0 spiro atoms. The maximum absolute atomic E-state index is 13.7. The molecule has 0 N–H and O–H groups in total. The van der Waals surface area contributed by atoms with Gasteiger partial charge in [0.05, 0.1) is 0 Å². The van der Waals surface area contributed by atoms with Crippen LogP contribution in [0.25, 0.3) is 0 Å². The standard InChI is InChI=1S/C20H32F2/c1-5-19(21)20(22)17(4)16(3)13-11-15(2)12-14-18-9-7-6-8-10-18/h5,15-16,18H,1,4,6-14H2,2-3H3/b20-19-. The first-order valence-electron chi connectivity index (χ1n) is 8.82. The third-order valence-electron chi connectivity index (χ3n) is 5.15. The Morgan fingerprint density at radius 1 is 1.09 bits per heavy atom. The average molecular weight is 310 g/mol. The summed E-state index contributed by atoms with van der Waals surface area (Å²) in [6.45, 7) is 11.1. The monoisotopic (exact) mass is 310 g/mol. The van der Waals surface area contributed by atoms with E-state index in [2.05, 4.69) is 20.1 Å². The van der Waals surface area contributed by atoms with Gasteiger partial charge in [-0.15, -0.1) is 0 Å². The normalized spacial score (nSPS) is 20.2. The van der Waals surface area contributed by atoms with Crippen molar-refractivity contribution in [2.45, 2.75) is 71.6 Å². The zero-order chi connectivity index (χ0) is 16.5. The summed E-state index contributed by atoms with van der Waals surface area (Å²) < 4.78 is 26.9. The van der Waals surface area contributed by atoms with E-state index in [1.807, 2.05) is 6.92 Å². The zero-order valence-electron chi connectivity index (χ0n) is 14.3. The molecule has 1 aliphatic rings. The van der Waals surface area contributed by atoms with Gasteiger partial charge < -0.3 is 0 Å². The van der Waals surface area contributed by atoms with Crippen LogP contribution in [0.2, 0.25) is 0 Å². The van der Waals surface area contributed by atoms with Crippen molar-refractivity contribution in [1.82, 2.24) is 0 Å². The second kappa shape index (κ2) is 9.97. The molecule has 0 aromatic rings. The van der Waals surface area contributed by atoms with E-state index in [-0.39, 0.29) is 11.5 Å². The summed E-state index contributed by atoms with van der Waals surface area (Å²) in [5.41, 5.74) is 0.261. The van der Waals surface area contributed by atoms with Crippen molar-refractivity contribution in [3.05, 3.63) is 36.5 Å². The summed E-state index contributed by atoms with van der Waals surface area (Å²) in [6, 6.07) is 0. The fraction of sp³-hybridized carbons (Fsp3) is 0.700. The molecule has 0 saturated heterocycles. The van der Waals surface area contributed by atoms with Gasteiger partial charge in [0.2, 0.25) is 0 Å². The number of hydrogen-bond acceptors (Lipinski definition) is 0. The Kier molecular flexibility index (Phi) is 8.67. The van der Waals surface area contributed by atoms with Gasteiger partial charge in [0, 0.05) is 0 Å². The Morgan fingerprint density at radius 2 is 1.73 bits per heavy atom. The lowest BCUT2D eigenvalue weighted by atomic mass is 9.83. The van der Waals surface area contributed by atoms with Crippen LogP contribution in [0.1, 0.15) is 71.6 Å². The minimum absolute atomic E-state index is 0.0252. The van der Waals surface area contributed by atoms with Gasteiger partial charge in [-0.3, -0.25) is 0 Å². The number of allylic oxidation sites excluding steroid dienone is 4. The predicted molar refractivity (Wildman–Crippen MR) is 92.0 cm³/mol. The highest BCUT2D eigenvalue weighted by atomic mass is 19.2. The van der Waals surface area contributed by atoms with Gasteiger partial charge in [-0.25, -0.2) is 8.78 Å². The molecular weight excluding hydrogens is 278 g/mol. The Balaban J connectivity index is 2.29. The van der Waals surface area contributed by atoms with Gasteiger partial charge in [-0.05, 0) is 35.8 Å². The maximum atomic E-state index is 13.7. The van der Waals surface area contributed by atoms with E-state index in [9.17, 15) is 8.78 Å². The molecule has 2 heteroatoms.